The van der Waals surface area contributed by atoms with Gasteiger partial charge in [0.25, 0.3) is 0 Å². The van der Waals surface area contributed by atoms with E-state index in [1.165, 1.54) is 19.4 Å². The van der Waals surface area contributed by atoms with Crippen molar-refractivity contribution in [3.05, 3.63) is 0 Å². The molecule has 4 unspecified atom stereocenters. The van der Waals surface area contributed by atoms with Crippen molar-refractivity contribution in [2.45, 2.75) is 62.7 Å². The number of hydrogen-bond acceptors (Lipinski definition) is 4. The number of likely N-dealkylation sites (N-methyl/N-ethyl adjacent to an activating group) is 1. The molecule has 1 saturated carbocycles. The fraction of sp³-hybridized carbons (Fsp3) is 0.933. The number of carboxylic acids is 1. The first kappa shape index (κ1) is 14.3. The Kier molecular flexibility index (Phi) is 3.77. The summed E-state index contributed by atoms with van der Waals surface area (Å²) in [6, 6.07) is 1.69. The second-order valence-electron chi connectivity index (χ2n) is 6.87. The molecule has 2 N–H and O–H groups in total. The van der Waals surface area contributed by atoms with Crippen LogP contribution >= 0.6 is 0 Å². The van der Waals surface area contributed by atoms with E-state index in [0.717, 1.165) is 32.4 Å². The molecule has 4 atom stereocenters. The summed E-state index contributed by atoms with van der Waals surface area (Å²) in [4.78, 5) is 16.8. The van der Waals surface area contributed by atoms with Crippen molar-refractivity contribution in [3.8, 4) is 0 Å². The van der Waals surface area contributed by atoms with Crippen LogP contribution in [0.2, 0.25) is 0 Å². The van der Waals surface area contributed by atoms with Crippen molar-refractivity contribution in [2.24, 2.45) is 0 Å². The summed E-state index contributed by atoms with van der Waals surface area (Å²) in [5, 5.41) is 12.6. The van der Waals surface area contributed by atoms with Gasteiger partial charge in [-0.2, -0.15) is 0 Å². The summed E-state index contributed by atoms with van der Waals surface area (Å²) in [6.45, 7) is 5.84. The Balaban J connectivity index is 1.69. The molecule has 0 spiro atoms. The van der Waals surface area contributed by atoms with Gasteiger partial charge in [-0.25, -0.2) is 0 Å². The zero-order chi connectivity index (χ0) is 14.3. The molecular weight excluding hydrogens is 254 g/mol. The monoisotopic (exact) mass is 281 g/mol. The molecule has 3 aliphatic rings. The van der Waals surface area contributed by atoms with Crippen LogP contribution in [0.3, 0.4) is 0 Å². The quantitative estimate of drug-likeness (QED) is 0.799. The lowest BCUT2D eigenvalue weighted by molar-refractivity contribution is -0.144. The Bertz CT molecular complexity index is 389. The number of nitrogens with zero attached hydrogens (tertiary/aromatic N) is 2. The Morgan fingerprint density at radius 3 is 2.75 bits per heavy atom. The maximum absolute atomic E-state index is 11.6. The van der Waals surface area contributed by atoms with Gasteiger partial charge in [0.15, 0.2) is 0 Å². The molecule has 0 aromatic carbocycles. The fourth-order valence-corrected chi connectivity index (χ4v) is 4.55. The number of aliphatic carboxylic acids is 1. The third-order valence-electron chi connectivity index (χ3n) is 5.83. The number of piperazine rings is 1. The van der Waals surface area contributed by atoms with Gasteiger partial charge in [-0.15, -0.1) is 0 Å². The molecule has 0 bridgehead atoms. The van der Waals surface area contributed by atoms with E-state index in [4.69, 9.17) is 0 Å². The van der Waals surface area contributed by atoms with Gasteiger partial charge >= 0.3 is 5.97 Å². The molecule has 2 saturated heterocycles. The molecule has 0 radical (unpaired) electrons. The third-order valence-corrected chi connectivity index (χ3v) is 5.83. The van der Waals surface area contributed by atoms with Crippen LogP contribution < -0.4 is 5.32 Å². The van der Waals surface area contributed by atoms with Crippen LogP contribution in [0.25, 0.3) is 0 Å². The molecule has 3 fully saturated rings. The molecule has 20 heavy (non-hydrogen) atoms. The van der Waals surface area contributed by atoms with Crippen molar-refractivity contribution in [3.63, 3.8) is 0 Å². The molecule has 114 valence electrons. The van der Waals surface area contributed by atoms with Crippen LogP contribution in [0.15, 0.2) is 0 Å². The average Bonchev–Trinajstić information content (AvgIpc) is 3.03. The summed E-state index contributed by atoms with van der Waals surface area (Å²) >= 11 is 0. The minimum absolute atomic E-state index is 0.427. The maximum atomic E-state index is 11.6. The molecule has 0 amide bonds. The first-order chi connectivity index (χ1) is 9.55. The van der Waals surface area contributed by atoms with Gasteiger partial charge in [0.05, 0.1) is 0 Å². The van der Waals surface area contributed by atoms with Crippen molar-refractivity contribution < 1.29 is 9.90 Å². The van der Waals surface area contributed by atoms with E-state index in [2.05, 4.69) is 22.0 Å². The second-order valence-corrected chi connectivity index (χ2v) is 6.87. The van der Waals surface area contributed by atoms with Gasteiger partial charge in [-0.3, -0.25) is 14.6 Å². The minimum atomic E-state index is -0.697. The van der Waals surface area contributed by atoms with E-state index in [0.29, 0.717) is 18.1 Å². The minimum Gasteiger partial charge on any atom is -0.480 e. The topological polar surface area (TPSA) is 55.8 Å². The zero-order valence-corrected chi connectivity index (χ0v) is 12.6. The Labute approximate surface area is 121 Å². The molecular formula is C15H27N3O2. The highest BCUT2D eigenvalue weighted by Crippen LogP contribution is 2.36. The number of fused-ring (bicyclic) bond motifs is 1. The van der Waals surface area contributed by atoms with Crippen molar-refractivity contribution >= 4 is 5.97 Å². The van der Waals surface area contributed by atoms with Crippen LogP contribution in [0.4, 0.5) is 0 Å². The second kappa shape index (κ2) is 5.28. The van der Waals surface area contributed by atoms with Crippen molar-refractivity contribution in [1.82, 2.24) is 15.1 Å². The smallest absolute Gasteiger partial charge is 0.323 e. The van der Waals surface area contributed by atoms with Crippen LogP contribution in [0, 0.1) is 0 Å². The molecule has 0 aromatic rings. The first-order valence-electron chi connectivity index (χ1n) is 7.98. The van der Waals surface area contributed by atoms with Crippen LogP contribution in [0.1, 0.15) is 39.0 Å². The van der Waals surface area contributed by atoms with E-state index in [1.54, 1.807) is 7.05 Å². The van der Waals surface area contributed by atoms with Gasteiger partial charge in [0.2, 0.25) is 0 Å². The van der Waals surface area contributed by atoms with Gasteiger partial charge in [0, 0.05) is 31.2 Å². The zero-order valence-electron chi connectivity index (χ0n) is 12.6. The highest BCUT2D eigenvalue weighted by molar-refractivity contribution is 5.79. The molecule has 1 aliphatic carbocycles. The molecule has 3 rings (SSSR count). The summed E-state index contributed by atoms with van der Waals surface area (Å²) in [7, 11) is 1.79. The number of nitrogens with one attached hydrogen (secondary N) is 1. The molecule has 0 aromatic heterocycles. The maximum Gasteiger partial charge on any atom is 0.323 e. The van der Waals surface area contributed by atoms with E-state index in [1.807, 2.05) is 0 Å². The van der Waals surface area contributed by atoms with E-state index >= 15 is 0 Å². The highest BCUT2D eigenvalue weighted by Gasteiger charge is 2.48. The summed E-state index contributed by atoms with van der Waals surface area (Å²) in [6.07, 6.45) is 5.14. The SMILES string of the molecule is CNC1(C(=O)O)CCC(N2CC3CCCN3CC2C)C1. The van der Waals surface area contributed by atoms with Crippen LogP contribution in [-0.2, 0) is 4.79 Å². The first-order valence-corrected chi connectivity index (χ1v) is 7.98. The Morgan fingerprint density at radius 1 is 1.30 bits per heavy atom. The Hall–Kier alpha value is -0.650. The Morgan fingerprint density at radius 2 is 2.10 bits per heavy atom. The lowest BCUT2D eigenvalue weighted by Gasteiger charge is -2.45. The van der Waals surface area contributed by atoms with E-state index < -0.39 is 11.5 Å². The van der Waals surface area contributed by atoms with Crippen molar-refractivity contribution in [1.29, 1.82) is 0 Å². The molecule has 2 heterocycles. The van der Waals surface area contributed by atoms with E-state index in [-0.39, 0.29) is 0 Å². The third kappa shape index (κ3) is 2.26. The van der Waals surface area contributed by atoms with Crippen molar-refractivity contribution in [2.75, 3.05) is 26.7 Å². The fourth-order valence-electron chi connectivity index (χ4n) is 4.55. The number of carboxylic acid groups (broad SMARTS) is 1. The number of rotatable bonds is 3. The average molecular weight is 281 g/mol. The van der Waals surface area contributed by atoms with Gasteiger partial charge < -0.3 is 10.4 Å². The summed E-state index contributed by atoms with van der Waals surface area (Å²) in [5.74, 6) is -0.686. The van der Waals surface area contributed by atoms with Gasteiger partial charge in [-0.1, -0.05) is 0 Å². The predicted molar refractivity (Wildman–Crippen MR) is 77.8 cm³/mol. The van der Waals surface area contributed by atoms with Crippen LogP contribution in [0.5, 0.6) is 0 Å². The van der Waals surface area contributed by atoms with Gasteiger partial charge in [0.1, 0.15) is 5.54 Å². The van der Waals surface area contributed by atoms with E-state index in [9.17, 15) is 9.90 Å². The standard InChI is InChI=1S/C15H27N3O2/c1-11-9-17-7-3-4-13(17)10-18(11)12-5-6-15(8-12,16-2)14(19)20/h11-13,16H,3-10H2,1-2H3,(H,19,20). The molecule has 2 aliphatic heterocycles. The van der Waals surface area contributed by atoms with Crippen LogP contribution in [-0.4, -0.2) is 71.2 Å². The predicted octanol–water partition coefficient (Wildman–Crippen LogP) is 0.750. The molecule has 5 nitrogen and oxygen atoms in total. The summed E-state index contributed by atoms with van der Waals surface area (Å²) in [5.41, 5.74) is -0.697. The summed E-state index contributed by atoms with van der Waals surface area (Å²) < 4.78 is 0. The number of carbonyl (C=O) groups is 1. The largest absolute Gasteiger partial charge is 0.480 e. The lowest BCUT2D eigenvalue weighted by Crippen LogP contribution is -2.58. The molecule has 5 heteroatoms. The lowest BCUT2D eigenvalue weighted by atomic mass is 9.97. The van der Waals surface area contributed by atoms with Gasteiger partial charge in [-0.05, 0) is 52.6 Å². The number of hydrogen-bond donors (Lipinski definition) is 2. The normalized spacial score (nSPS) is 42.8. The highest BCUT2D eigenvalue weighted by atomic mass is 16.4.